The Balaban J connectivity index is 0.000000891. The molecule has 3 nitrogen and oxygen atoms in total. The van der Waals surface area contributed by atoms with E-state index in [2.05, 4.69) is 42.7 Å². The molecule has 0 radical (unpaired) electrons. The van der Waals surface area contributed by atoms with Crippen LogP contribution in [0.15, 0.2) is 36.4 Å². The van der Waals surface area contributed by atoms with Gasteiger partial charge in [-0.1, -0.05) is 48.6 Å². The van der Waals surface area contributed by atoms with E-state index in [1.807, 2.05) is 40.9 Å². The number of aryl methyl sites for hydroxylation is 1. The SMILES string of the molecule is CNC.Cc1cc(O)c(C)c(C)c1OC[Si](C)(C)c1ccccc1. The summed E-state index contributed by atoms with van der Waals surface area (Å²) in [5.41, 5.74) is 2.92. The van der Waals surface area contributed by atoms with Crippen molar-refractivity contribution in [2.24, 2.45) is 0 Å². The highest BCUT2D eigenvalue weighted by molar-refractivity contribution is 6.89. The van der Waals surface area contributed by atoms with Crippen molar-refractivity contribution in [3.8, 4) is 11.5 Å². The first kappa shape index (κ1) is 20.3. The summed E-state index contributed by atoms with van der Waals surface area (Å²) in [7, 11) is 2.13. The van der Waals surface area contributed by atoms with E-state index in [1.165, 1.54) is 5.19 Å². The number of rotatable bonds is 4. The first-order valence-corrected chi connectivity index (χ1v) is 11.5. The molecule has 0 amide bonds. The molecule has 0 saturated carbocycles. The van der Waals surface area contributed by atoms with Crippen molar-refractivity contribution in [2.75, 3.05) is 20.3 Å². The maximum Gasteiger partial charge on any atom is 0.125 e. The van der Waals surface area contributed by atoms with Crippen LogP contribution in [-0.4, -0.2) is 33.5 Å². The van der Waals surface area contributed by atoms with Crippen LogP contribution in [0.1, 0.15) is 16.7 Å². The van der Waals surface area contributed by atoms with Crippen molar-refractivity contribution in [2.45, 2.75) is 33.9 Å². The second-order valence-corrected chi connectivity index (χ2v) is 11.5. The second-order valence-electron chi connectivity index (χ2n) is 6.83. The second kappa shape index (κ2) is 8.90. The first-order valence-electron chi connectivity index (χ1n) is 8.31. The minimum absolute atomic E-state index is 0.344. The lowest BCUT2D eigenvalue weighted by atomic mass is 10.0. The van der Waals surface area contributed by atoms with Gasteiger partial charge in [-0.15, -0.1) is 0 Å². The van der Waals surface area contributed by atoms with Crippen molar-refractivity contribution in [3.05, 3.63) is 53.1 Å². The Hall–Kier alpha value is -1.78. The number of hydrogen-bond donors (Lipinski definition) is 2. The molecule has 0 bridgehead atoms. The molecule has 0 aromatic heterocycles. The van der Waals surface area contributed by atoms with E-state index in [1.54, 1.807) is 6.07 Å². The fraction of sp³-hybridized carbons (Fsp3) is 0.400. The molecular weight excluding hydrogens is 314 g/mol. The predicted molar refractivity (Wildman–Crippen MR) is 106 cm³/mol. The highest BCUT2D eigenvalue weighted by Crippen LogP contribution is 2.32. The van der Waals surface area contributed by atoms with Crippen molar-refractivity contribution in [1.29, 1.82) is 0 Å². The summed E-state index contributed by atoms with van der Waals surface area (Å²) in [6.45, 7) is 10.6. The van der Waals surface area contributed by atoms with Crippen LogP contribution < -0.4 is 15.2 Å². The average molecular weight is 346 g/mol. The molecule has 0 spiro atoms. The van der Waals surface area contributed by atoms with Gasteiger partial charge in [0, 0.05) is 0 Å². The van der Waals surface area contributed by atoms with E-state index in [4.69, 9.17) is 4.74 Å². The van der Waals surface area contributed by atoms with Gasteiger partial charge in [0.25, 0.3) is 0 Å². The standard InChI is InChI=1S/C18H24O2Si.C2H7N/c1-13-11-17(19)14(2)15(3)18(13)20-12-21(4,5)16-9-7-6-8-10-16;1-3-2/h6-11,19H,12H2,1-5H3;3H,1-2H3. The van der Waals surface area contributed by atoms with Crippen molar-refractivity contribution in [1.82, 2.24) is 5.32 Å². The summed E-state index contributed by atoms with van der Waals surface area (Å²) < 4.78 is 6.17. The minimum Gasteiger partial charge on any atom is -0.508 e. The molecule has 0 aliphatic carbocycles. The molecule has 2 rings (SSSR count). The molecule has 0 saturated heterocycles. The van der Waals surface area contributed by atoms with Crippen LogP contribution in [0, 0.1) is 20.8 Å². The Morgan fingerprint density at radius 1 is 1.00 bits per heavy atom. The largest absolute Gasteiger partial charge is 0.508 e. The lowest BCUT2D eigenvalue weighted by Gasteiger charge is -2.25. The molecule has 132 valence electrons. The maximum absolute atomic E-state index is 9.86. The van der Waals surface area contributed by atoms with Gasteiger partial charge in [-0.25, -0.2) is 0 Å². The van der Waals surface area contributed by atoms with Crippen LogP contribution >= 0.6 is 0 Å². The summed E-state index contributed by atoms with van der Waals surface area (Å²) in [6, 6.07) is 12.4. The Kier molecular flexibility index (Phi) is 7.51. The van der Waals surface area contributed by atoms with E-state index in [-0.39, 0.29) is 0 Å². The zero-order valence-electron chi connectivity index (χ0n) is 16.0. The molecule has 0 atom stereocenters. The van der Waals surface area contributed by atoms with Crippen LogP contribution in [0.4, 0.5) is 0 Å². The first-order chi connectivity index (χ1) is 11.2. The molecule has 4 heteroatoms. The van der Waals surface area contributed by atoms with Gasteiger partial charge in [0.2, 0.25) is 0 Å². The number of hydrogen-bond acceptors (Lipinski definition) is 3. The number of nitrogens with one attached hydrogen (secondary N) is 1. The summed E-state index contributed by atoms with van der Waals surface area (Å²) >= 11 is 0. The normalized spacial score (nSPS) is 10.8. The van der Waals surface area contributed by atoms with Crippen molar-refractivity contribution < 1.29 is 9.84 Å². The number of phenols is 1. The third-order valence-electron chi connectivity index (χ3n) is 4.13. The predicted octanol–water partition coefficient (Wildman–Crippen LogP) is 3.69. The van der Waals surface area contributed by atoms with Crippen LogP contribution in [0.25, 0.3) is 0 Å². The van der Waals surface area contributed by atoms with E-state index in [9.17, 15) is 5.11 Å². The number of phenolic OH excluding ortho intramolecular Hbond substituents is 1. The van der Waals surface area contributed by atoms with E-state index in [0.29, 0.717) is 5.75 Å². The van der Waals surface area contributed by atoms with E-state index < -0.39 is 8.07 Å². The molecule has 0 heterocycles. The number of aromatic hydroxyl groups is 1. The van der Waals surface area contributed by atoms with Crippen molar-refractivity contribution >= 4 is 13.3 Å². The number of benzene rings is 2. The zero-order chi connectivity index (χ0) is 18.3. The summed E-state index contributed by atoms with van der Waals surface area (Å²) in [6.07, 6.45) is 0.739. The Morgan fingerprint density at radius 3 is 2.08 bits per heavy atom. The molecule has 2 aromatic carbocycles. The lowest BCUT2D eigenvalue weighted by Crippen LogP contribution is -2.47. The molecule has 0 aliphatic rings. The molecule has 2 N–H and O–H groups in total. The zero-order valence-corrected chi connectivity index (χ0v) is 17.0. The van der Waals surface area contributed by atoms with Crippen LogP contribution in [0.2, 0.25) is 13.1 Å². The van der Waals surface area contributed by atoms with Gasteiger partial charge in [0.15, 0.2) is 0 Å². The van der Waals surface area contributed by atoms with Gasteiger partial charge in [0.1, 0.15) is 19.6 Å². The molecule has 0 unspecified atom stereocenters. The summed E-state index contributed by atoms with van der Waals surface area (Å²) in [4.78, 5) is 0. The smallest absolute Gasteiger partial charge is 0.125 e. The van der Waals surface area contributed by atoms with Gasteiger partial charge in [-0.05, 0) is 57.6 Å². The van der Waals surface area contributed by atoms with E-state index in [0.717, 1.165) is 28.7 Å². The Morgan fingerprint density at radius 2 is 1.54 bits per heavy atom. The molecular formula is C20H31NO2Si. The average Bonchev–Trinajstić information content (AvgIpc) is 2.54. The quantitative estimate of drug-likeness (QED) is 0.831. The Labute approximate surface area is 147 Å². The van der Waals surface area contributed by atoms with Gasteiger partial charge < -0.3 is 15.2 Å². The summed E-state index contributed by atoms with van der Waals surface area (Å²) in [5, 5.41) is 14.0. The van der Waals surface area contributed by atoms with Gasteiger partial charge in [-0.3, -0.25) is 0 Å². The van der Waals surface area contributed by atoms with Crippen LogP contribution in [0.3, 0.4) is 0 Å². The Bertz CT molecular complexity index is 654. The van der Waals surface area contributed by atoms with Crippen LogP contribution in [0.5, 0.6) is 11.5 Å². The summed E-state index contributed by atoms with van der Waals surface area (Å²) in [5.74, 6) is 1.26. The van der Waals surface area contributed by atoms with Gasteiger partial charge in [0.05, 0.1) is 6.23 Å². The maximum atomic E-state index is 9.86. The topological polar surface area (TPSA) is 41.5 Å². The van der Waals surface area contributed by atoms with Gasteiger partial charge >= 0.3 is 0 Å². The fourth-order valence-electron chi connectivity index (χ4n) is 2.48. The molecule has 0 fully saturated rings. The van der Waals surface area contributed by atoms with Crippen molar-refractivity contribution in [3.63, 3.8) is 0 Å². The highest BCUT2D eigenvalue weighted by atomic mass is 28.3. The lowest BCUT2D eigenvalue weighted by molar-refractivity contribution is 0.371. The minimum atomic E-state index is -1.62. The molecule has 2 aromatic rings. The van der Waals surface area contributed by atoms with Crippen LogP contribution in [-0.2, 0) is 0 Å². The molecule has 0 aliphatic heterocycles. The highest BCUT2D eigenvalue weighted by Gasteiger charge is 2.25. The fourth-order valence-corrected chi connectivity index (χ4v) is 4.25. The molecule has 24 heavy (non-hydrogen) atoms. The third-order valence-corrected chi connectivity index (χ3v) is 6.89. The van der Waals surface area contributed by atoms with E-state index >= 15 is 0 Å². The number of ether oxygens (including phenoxy) is 1. The van der Waals surface area contributed by atoms with Gasteiger partial charge in [-0.2, -0.15) is 0 Å². The monoisotopic (exact) mass is 345 g/mol. The third kappa shape index (κ3) is 5.11.